The number of amidine groups is 1. The molecule has 1 aromatic carbocycles. The van der Waals surface area contributed by atoms with Gasteiger partial charge in [-0.2, -0.15) is 0 Å². The van der Waals surface area contributed by atoms with E-state index in [4.69, 9.17) is 10.9 Å². The van der Waals surface area contributed by atoms with Gasteiger partial charge in [0.2, 0.25) is 0 Å². The maximum atomic E-state index is 8.99. The zero-order valence-electron chi connectivity index (χ0n) is 11.3. The second-order valence-electron chi connectivity index (χ2n) is 5.01. The van der Waals surface area contributed by atoms with Crippen molar-refractivity contribution in [1.29, 1.82) is 0 Å². The molecular weight excluding hydrogens is 306 g/mol. The molecule has 2 rings (SSSR count). The van der Waals surface area contributed by atoms with Crippen LogP contribution in [0.1, 0.15) is 38.7 Å². The number of anilines is 1. The molecule has 0 bridgehead atoms. The highest BCUT2D eigenvalue weighted by atomic mass is 79.9. The third-order valence-corrected chi connectivity index (χ3v) is 4.55. The van der Waals surface area contributed by atoms with E-state index in [1.807, 2.05) is 18.2 Å². The summed E-state index contributed by atoms with van der Waals surface area (Å²) in [6.07, 6.45) is 3.48. The minimum Gasteiger partial charge on any atom is -0.409 e. The molecule has 1 fully saturated rings. The van der Waals surface area contributed by atoms with E-state index >= 15 is 0 Å². The van der Waals surface area contributed by atoms with Crippen molar-refractivity contribution in [3.05, 3.63) is 28.2 Å². The summed E-state index contributed by atoms with van der Waals surface area (Å²) in [5, 5.41) is 12.2. The first-order valence-corrected chi connectivity index (χ1v) is 7.44. The zero-order valence-corrected chi connectivity index (χ0v) is 12.9. The quantitative estimate of drug-likeness (QED) is 0.388. The number of halogens is 1. The highest BCUT2D eigenvalue weighted by Crippen LogP contribution is 2.36. The Bertz CT molecular complexity index is 490. The molecule has 4 nitrogen and oxygen atoms in total. The lowest BCUT2D eigenvalue weighted by atomic mass is 10.1. The smallest absolute Gasteiger partial charge is 0.173 e. The van der Waals surface area contributed by atoms with Gasteiger partial charge in [0.25, 0.3) is 0 Å². The van der Waals surface area contributed by atoms with E-state index in [1.165, 1.54) is 12.8 Å². The van der Waals surface area contributed by atoms with Gasteiger partial charge in [-0.25, -0.2) is 0 Å². The Morgan fingerprint density at radius 3 is 2.89 bits per heavy atom. The molecule has 2 unspecified atom stereocenters. The largest absolute Gasteiger partial charge is 0.409 e. The summed E-state index contributed by atoms with van der Waals surface area (Å²) in [6, 6.07) is 6.95. The average molecular weight is 326 g/mol. The van der Waals surface area contributed by atoms with Crippen LogP contribution in [0, 0.1) is 0 Å². The van der Waals surface area contributed by atoms with E-state index in [0.717, 1.165) is 22.1 Å². The van der Waals surface area contributed by atoms with Crippen LogP contribution in [0.5, 0.6) is 0 Å². The number of hydrogen-bond acceptors (Lipinski definition) is 3. The molecule has 0 radical (unpaired) electrons. The van der Waals surface area contributed by atoms with E-state index in [9.17, 15) is 0 Å². The van der Waals surface area contributed by atoms with Crippen LogP contribution in [0.25, 0.3) is 0 Å². The minimum atomic E-state index is 0.149. The van der Waals surface area contributed by atoms with E-state index in [-0.39, 0.29) is 5.84 Å². The van der Waals surface area contributed by atoms with Crippen molar-refractivity contribution < 1.29 is 5.21 Å². The highest BCUT2D eigenvalue weighted by Gasteiger charge is 2.31. The van der Waals surface area contributed by atoms with Crippen LogP contribution in [0.15, 0.2) is 27.8 Å². The topological polar surface area (TPSA) is 61.8 Å². The number of nitrogens with zero attached hydrogens (tertiary/aromatic N) is 2. The van der Waals surface area contributed by atoms with Gasteiger partial charge >= 0.3 is 0 Å². The first-order chi connectivity index (χ1) is 9.10. The van der Waals surface area contributed by atoms with Crippen molar-refractivity contribution in [3.8, 4) is 0 Å². The number of nitrogens with two attached hydrogens (primary N) is 1. The molecule has 3 N–H and O–H groups in total. The van der Waals surface area contributed by atoms with Gasteiger partial charge in [0.05, 0.1) is 5.56 Å². The molecule has 0 aliphatic carbocycles. The molecule has 1 aromatic rings. The second-order valence-corrected chi connectivity index (χ2v) is 5.87. The normalized spacial score (nSPS) is 23.9. The first-order valence-electron chi connectivity index (χ1n) is 6.64. The Kier molecular flexibility index (Phi) is 4.34. The van der Waals surface area contributed by atoms with Crippen LogP contribution < -0.4 is 10.6 Å². The summed E-state index contributed by atoms with van der Waals surface area (Å²) in [4.78, 5) is 2.40. The standard InChI is InChI=1S/C14H20BrN3O/c1-3-10-8-7-9(2)18(10)12-6-4-5-11(15)13(12)14(16)17-19/h4-6,9-10,19H,3,7-8H2,1-2H3,(H2,16,17). The molecule has 1 aliphatic rings. The molecule has 5 heteroatoms. The Hall–Kier alpha value is -1.23. The fourth-order valence-electron chi connectivity index (χ4n) is 2.94. The van der Waals surface area contributed by atoms with Gasteiger partial charge in [-0.3, -0.25) is 0 Å². The molecule has 0 amide bonds. The Balaban J connectivity index is 2.53. The third-order valence-electron chi connectivity index (χ3n) is 3.89. The van der Waals surface area contributed by atoms with Crippen LogP contribution in [-0.2, 0) is 0 Å². The van der Waals surface area contributed by atoms with Crippen molar-refractivity contribution in [2.45, 2.75) is 45.2 Å². The van der Waals surface area contributed by atoms with Crippen molar-refractivity contribution in [2.75, 3.05) is 4.90 Å². The van der Waals surface area contributed by atoms with Gasteiger partial charge in [0.1, 0.15) is 0 Å². The van der Waals surface area contributed by atoms with Gasteiger partial charge in [-0.15, -0.1) is 0 Å². The molecule has 2 atom stereocenters. The monoisotopic (exact) mass is 325 g/mol. The van der Waals surface area contributed by atoms with Gasteiger partial charge < -0.3 is 15.8 Å². The predicted molar refractivity (Wildman–Crippen MR) is 81.9 cm³/mol. The number of rotatable bonds is 3. The summed E-state index contributed by atoms with van der Waals surface area (Å²) in [7, 11) is 0. The van der Waals surface area contributed by atoms with Crippen LogP contribution >= 0.6 is 15.9 Å². The van der Waals surface area contributed by atoms with Gasteiger partial charge in [-0.05, 0) is 54.2 Å². The number of oxime groups is 1. The Morgan fingerprint density at radius 1 is 1.53 bits per heavy atom. The molecule has 1 saturated heterocycles. The maximum Gasteiger partial charge on any atom is 0.173 e. The molecule has 1 heterocycles. The van der Waals surface area contributed by atoms with Crippen molar-refractivity contribution in [2.24, 2.45) is 10.9 Å². The predicted octanol–water partition coefficient (Wildman–Crippen LogP) is 3.31. The van der Waals surface area contributed by atoms with Gasteiger partial charge in [0.15, 0.2) is 5.84 Å². The zero-order chi connectivity index (χ0) is 14.0. The van der Waals surface area contributed by atoms with Crippen molar-refractivity contribution >= 4 is 27.5 Å². The molecule has 104 valence electrons. The second kappa shape index (κ2) is 5.82. The van der Waals surface area contributed by atoms with E-state index in [0.29, 0.717) is 12.1 Å². The van der Waals surface area contributed by atoms with Crippen molar-refractivity contribution in [3.63, 3.8) is 0 Å². The molecule has 0 aromatic heterocycles. The molecule has 0 saturated carbocycles. The molecule has 19 heavy (non-hydrogen) atoms. The van der Waals surface area contributed by atoms with Gasteiger partial charge in [0, 0.05) is 22.2 Å². The lowest BCUT2D eigenvalue weighted by Gasteiger charge is -2.32. The fourth-order valence-corrected chi connectivity index (χ4v) is 3.50. The number of hydrogen-bond donors (Lipinski definition) is 2. The lowest BCUT2D eigenvalue weighted by Crippen LogP contribution is -2.36. The van der Waals surface area contributed by atoms with Crippen LogP contribution in [-0.4, -0.2) is 23.1 Å². The van der Waals surface area contributed by atoms with Crippen LogP contribution in [0.3, 0.4) is 0 Å². The summed E-state index contributed by atoms with van der Waals surface area (Å²) in [6.45, 7) is 4.43. The SMILES string of the molecule is CCC1CCC(C)N1c1cccc(Br)c1/C(N)=N/O. The molecule has 1 aliphatic heterocycles. The summed E-state index contributed by atoms with van der Waals surface area (Å²) >= 11 is 3.50. The third kappa shape index (κ3) is 2.56. The summed E-state index contributed by atoms with van der Waals surface area (Å²) in [5.74, 6) is 0.149. The molecule has 0 spiro atoms. The van der Waals surface area contributed by atoms with Crippen LogP contribution in [0.4, 0.5) is 5.69 Å². The summed E-state index contributed by atoms with van der Waals surface area (Å²) < 4.78 is 0.856. The lowest BCUT2D eigenvalue weighted by molar-refractivity contribution is 0.318. The van der Waals surface area contributed by atoms with Crippen molar-refractivity contribution in [1.82, 2.24) is 0 Å². The van der Waals surface area contributed by atoms with Gasteiger partial charge in [-0.1, -0.05) is 18.1 Å². The minimum absolute atomic E-state index is 0.149. The highest BCUT2D eigenvalue weighted by molar-refractivity contribution is 9.10. The first kappa shape index (κ1) is 14.2. The average Bonchev–Trinajstić information content (AvgIpc) is 2.78. The van der Waals surface area contributed by atoms with Crippen LogP contribution in [0.2, 0.25) is 0 Å². The maximum absolute atomic E-state index is 8.99. The Morgan fingerprint density at radius 2 is 2.26 bits per heavy atom. The molecular formula is C14H20BrN3O. The fraction of sp³-hybridized carbons (Fsp3) is 0.500. The summed E-state index contributed by atoms with van der Waals surface area (Å²) in [5.41, 5.74) is 7.66. The number of benzene rings is 1. The van der Waals surface area contributed by atoms with E-state index in [2.05, 4.69) is 39.8 Å². The Labute approximate surface area is 122 Å². The van der Waals surface area contributed by atoms with E-state index in [1.54, 1.807) is 0 Å². The van der Waals surface area contributed by atoms with E-state index < -0.39 is 0 Å².